The fraction of sp³-hybridized carbons (Fsp3) is 0.923. The number of rotatable bonds is 4. The molecule has 0 heterocycles. The second-order valence-electron chi connectivity index (χ2n) is 5.44. The first kappa shape index (κ1) is 12.2. The Morgan fingerprint density at radius 3 is 2.62 bits per heavy atom. The van der Waals surface area contributed by atoms with E-state index in [0.29, 0.717) is 23.8 Å². The van der Waals surface area contributed by atoms with Crippen molar-refractivity contribution in [1.29, 1.82) is 0 Å². The molecule has 0 radical (unpaired) electrons. The van der Waals surface area contributed by atoms with Gasteiger partial charge in [0.25, 0.3) is 0 Å². The number of hydrogen-bond acceptors (Lipinski definition) is 1. The fourth-order valence-electron chi connectivity index (χ4n) is 2.71. The van der Waals surface area contributed by atoms with Gasteiger partial charge in [-0.15, -0.1) is 11.6 Å². The number of alkyl halides is 1. The quantitative estimate of drug-likeness (QED) is 0.756. The van der Waals surface area contributed by atoms with Crippen molar-refractivity contribution < 1.29 is 4.79 Å². The largest absolute Gasteiger partial charge is 0.353 e. The van der Waals surface area contributed by atoms with Crippen LogP contribution in [0.4, 0.5) is 0 Å². The zero-order valence-electron chi connectivity index (χ0n) is 10.0. The van der Waals surface area contributed by atoms with E-state index in [1.165, 1.54) is 32.1 Å². The van der Waals surface area contributed by atoms with Crippen molar-refractivity contribution in [3.8, 4) is 0 Å². The molecule has 0 aromatic rings. The minimum atomic E-state index is 0.206. The molecule has 0 spiro atoms. The zero-order chi connectivity index (χ0) is 11.5. The van der Waals surface area contributed by atoms with Gasteiger partial charge in [0.05, 0.1) is 0 Å². The maximum Gasteiger partial charge on any atom is 0.223 e. The molecule has 2 saturated carbocycles. The lowest BCUT2D eigenvalue weighted by atomic mass is 9.85. The minimum absolute atomic E-state index is 0.206. The molecule has 2 aliphatic rings. The summed E-state index contributed by atoms with van der Waals surface area (Å²) in [5.41, 5.74) is 0. The van der Waals surface area contributed by atoms with E-state index in [9.17, 15) is 4.79 Å². The summed E-state index contributed by atoms with van der Waals surface area (Å²) in [6, 6.07) is 0.333. The van der Waals surface area contributed by atoms with Crippen LogP contribution in [0.1, 0.15) is 45.4 Å². The summed E-state index contributed by atoms with van der Waals surface area (Å²) < 4.78 is 0. The zero-order valence-corrected chi connectivity index (χ0v) is 10.8. The van der Waals surface area contributed by atoms with Crippen LogP contribution in [0.3, 0.4) is 0 Å². The molecular formula is C13H22ClNO. The van der Waals surface area contributed by atoms with Crippen molar-refractivity contribution >= 4 is 17.5 Å². The molecule has 2 rings (SSSR count). The average Bonchev–Trinajstić information content (AvgIpc) is 3.12. The highest BCUT2D eigenvalue weighted by Crippen LogP contribution is 2.37. The lowest BCUT2D eigenvalue weighted by Gasteiger charge is -2.31. The van der Waals surface area contributed by atoms with Gasteiger partial charge >= 0.3 is 0 Å². The third kappa shape index (κ3) is 2.91. The molecule has 2 fully saturated rings. The Morgan fingerprint density at radius 2 is 2.00 bits per heavy atom. The maximum atomic E-state index is 12.0. The summed E-state index contributed by atoms with van der Waals surface area (Å²) >= 11 is 5.96. The Labute approximate surface area is 103 Å². The topological polar surface area (TPSA) is 29.1 Å². The molecule has 0 bridgehead atoms. The minimum Gasteiger partial charge on any atom is -0.353 e. The van der Waals surface area contributed by atoms with Gasteiger partial charge in [-0.2, -0.15) is 0 Å². The Morgan fingerprint density at radius 1 is 1.31 bits per heavy atom. The lowest BCUT2D eigenvalue weighted by molar-refractivity contribution is -0.126. The summed E-state index contributed by atoms with van der Waals surface area (Å²) in [6.45, 7) is 2.06. The average molecular weight is 244 g/mol. The van der Waals surface area contributed by atoms with Crippen LogP contribution in [0.2, 0.25) is 0 Å². The van der Waals surface area contributed by atoms with E-state index >= 15 is 0 Å². The predicted molar refractivity (Wildman–Crippen MR) is 66.5 cm³/mol. The van der Waals surface area contributed by atoms with Gasteiger partial charge in [-0.1, -0.05) is 19.8 Å². The van der Waals surface area contributed by atoms with Crippen LogP contribution in [-0.4, -0.2) is 17.8 Å². The molecule has 92 valence electrons. The van der Waals surface area contributed by atoms with E-state index in [2.05, 4.69) is 12.2 Å². The van der Waals surface area contributed by atoms with Gasteiger partial charge in [0.2, 0.25) is 5.91 Å². The Bertz CT molecular complexity index is 252. The van der Waals surface area contributed by atoms with Crippen LogP contribution >= 0.6 is 11.6 Å². The second-order valence-corrected chi connectivity index (χ2v) is 5.75. The van der Waals surface area contributed by atoms with E-state index in [4.69, 9.17) is 11.6 Å². The number of carbonyl (C=O) groups excluding carboxylic acids is 1. The van der Waals surface area contributed by atoms with E-state index < -0.39 is 0 Å². The first-order valence-electron chi connectivity index (χ1n) is 6.58. The molecule has 16 heavy (non-hydrogen) atoms. The van der Waals surface area contributed by atoms with Crippen molar-refractivity contribution in [3.63, 3.8) is 0 Å². The summed E-state index contributed by atoms with van der Waals surface area (Å²) in [7, 11) is 0. The van der Waals surface area contributed by atoms with Crippen LogP contribution in [0.25, 0.3) is 0 Å². The molecule has 1 amide bonds. The highest BCUT2D eigenvalue weighted by Gasteiger charge is 2.34. The molecule has 0 saturated heterocycles. The highest BCUT2D eigenvalue weighted by atomic mass is 35.5. The summed E-state index contributed by atoms with van der Waals surface area (Å²) in [5, 5.41) is 3.22. The third-order valence-corrected chi connectivity index (χ3v) is 4.57. The number of hydrogen-bond donors (Lipinski definition) is 1. The van der Waals surface area contributed by atoms with Crippen molar-refractivity contribution in [1.82, 2.24) is 5.32 Å². The van der Waals surface area contributed by atoms with Crippen molar-refractivity contribution in [2.24, 2.45) is 17.8 Å². The van der Waals surface area contributed by atoms with Gasteiger partial charge in [0, 0.05) is 17.8 Å². The van der Waals surface area contributed by atoms with Gasteiger partial charge in [0.1, 0.15) is 0 Å². The van der Waals surface area contributed by atoms with Crippen LogP contribution in [-0.2, 0) is 4.79 Å². The molecule has 0 aromatic heterocycles. The van der Waals surface area contributed by atoms with Gasteiger partial charge in [-0.3, -0.25) is 4.79 Å². The molecule has 3 heteroatoms. The second kappa shape index (κ2) is 5.39. The molecule has 2 nitrogen and oxygen atoms in total. The molecule has 2 aliphatic carbocycles. The monoisotopic (exact) mass is 243 g/mol. The number of nitrogens with one attached hydrogen (secondary N) is 1. The van der Waals surface area contributed by atoms with Crippen LogP contribution in [0, 0.1) is 17.8 Å². The smallest absolute Gasteiger partial charge is 0.223 e. The van der Waals surface area contributed by atoms with Crippen LogP contribution in [0.5, 0.6) is 0 Å². The van der Waals surface area contributed by atoms with Crippen LogP contribution < -0.4 is 5.32 Å². The van der Waals surface area contributed by atoms with Crippen molar-refractivity contribution in [2.45, 2.75) is 51.5 Å². The molecular weight excluding hydrogens is 222 g/mol. The van der Waals surface area contributed by atoms with Crippen LogP contribution in [0.15, 0.2) is 0 Å². The number of carbonyl (C=O) groups is 1. The molecule has 0 aliphatic heterocycles. The SMILES string of the molecule is CC(C(=O)NC1CCCCC1CCl)C1CC1. The first-order valence-corrected chi connectivity index (χ1v) is 7.12. The van der Waals surface area contributed by atoms with E-state index in [1.54, 1.807) is 0 Å². The number of amides is 1. The normalized spacial score (nSPS) is 32.1. The Kier molecular flexibility index (Phi) is 4.12. The fourth-order valence-corrected chi connectivity index (χ4v) is 3.08. The van der Waals surface area contributed by atoms with Gasteiger partial charge in [-0.05, 0) is 37.5 Å². The van der Waals surface area contributed by atoms with E-state index in [1.807, 2.05) is 0 Å². The first-order chi connectivity index (χ1) is 7.72. The summed E-state index contributed by atoms with van der Waals surface area (Å²) in [5.74, 6) is 2.29. The molecule has 1 N–H and O–H groups in total. The predicted octanol–water partition coefficient (Wildman–Crippen LogP) is 2.95. The molecule has 3 atom stereocenters. The highest BCUT2D eigenvalue weighted by molar-refractivity contribution is 6.18. The van der Waals surface area contributed by atoms with E-state index in [-0.39, 0.29) is 11.8 Å². The standard InChI is InChI=1S/C13H22ClNO/c1-9(10-6-7-10)13(16)15-12-5-3-2-4-11(12)8-14/h9-12H,2-8H2,1H3,(H,15,16). The summed E-state index contributed by atoms with van der Waals surface area (Å²) in [6.07, 6.45) is 7.25. The maximum absolute atomic E-state index is 12.0. The van der Waals surface area contributed by atoms with Gasteiger partial charge in [-0.25, -0.2) is 0 Å². The molecule has 0 aromatic carbocycles. The van der Waals surface area contributed by atoms with Crippen molar-refractivity contribution in [2.75, 3.05) is 5.88 Å². The molecule has 3 unspecified atom stereocenters. The van der Waals surface area contributed by atoms with Gasteiger partial charge < -0.3 is 5.32 Å². The Hall–Kier alpha value is -0.240. The lowest BCUT2D eigenvalue weighted by Crippen LogP contribution is -2.45. The van der Waals surface area contributed by atoms with E-state index in [0.717, 1.165) is 6.42 Å². The van der Waals surface area contributed by atoms with Gasteiger partial charge in [0.15, 0.2) is 0 Å². The third-order valence-electron chi connectivity index (χ3n) is 4.18. The summed E-state index contributed by atoms with van der Waals surface area (Å²) in [4.78, 5) is 12.0. The number of halogens is 1. The Balaban J connectivity index is 1.84. The van der Waals surface area contributed by atoms with Crippen molar-refractivity contribution in [3.05, 3.63) is 0 Å².